The summed E-state index contributed by atoms with van der Waals surface area (Å²) in [5.41, 5.74) is 0.187. The number of rotatable bonds is 7. The van der Waals surface area contributed by atoms with Crippen LogP contribution in [-0.2, 0) is 19.7 Å². The Hall–Kier alpha value is -3.44. The van der Waals surface area contributed by atoms with Gasteiger partial charge in [0.1, 0.15) is 6.54 Å². The number of carbonyl (C=O) groups is 3. The summed E-state index contributed by atoms with van der Waals surface area (Å²) in [6.45, 7) is -0.802. The summed E-state index contributed by atoms with van der Waals surface area (Å²) in [7, 11) is -1.35. The molecule has 11 heteroatoms. The molecule has 0 atom stereocenters. The first-order chi connectivity index (χ1) is 13.8. The van der Waals surface area contributed by atoms with Gasteiger partial charge in [-0.3, -0.25) is 9.59 Å². The summed E-state index contributed by atoms with van der Waals surface area (Å²) in [4.78, 5) is 40.9. The largest absolute Gasteiger partial charge is 0.493 e. The van der Waals surface area contributed by atoms with Crippen LogP contribution in [0.4, 0.5) is 0 Å². The molecule has 2 aromatic carbocycles. The second-order valence-corrected chi connectivity index (χ2v) is 7.52. The van der Waals surface area contributed by atoms with Crippen LogP contribution in [-0.4, -0.2) is 52.0 Å². The van der Waals surface area contributed by atoms with Gasteiger partial charge in [-0.2, -0.15) is 4.72 Å². The molecule has 2 aromatic rings. The average Bonchev–Trinajstić information content (AvgIpc) is 2.97. The predicted octanol–water partition coefficient (Wildman–Crippen LogP) is 0.736. The summed E-state index contributed by atoms with van der Waals surface area (Å²) >= 11 is 0. The van der Waals surface area contributed by atoms with Crippen LogP contribution in [0.1, 0.15) is 20.7 Å². The molecule has 0 spiro atoms. The highest BCUT2D eigenvalue weighted by atomic mass is 32.2. The number of carbonyl (C=O) groups excluding carboxylic acids is 3. The number of sulfonamides is 1. The molecule has 29 heavy (non-hydrogen) atoms. The maximum atomic E-state index is 12.4. The molecule has 0 aromatic heterocycles. The first kappa shape index (κ1) is 20.3. The monoisotopic (exact) mass is 420 g/mol. The molecular formula is C18H16N2O8S. The predicted molar refractivity (Wildman–Crippen MR) is 97.8 cm³/mol. The van der Waals surface area contributed by atoms with Crippen molar-refractivity contribution < 1.29 is 37.1 Å². The lowest BCUT2D eigenvalue weighted by molar-refractivity contribution is -0.166. The Morgan fingerprint density at radius 1 is 0.966 bits per heavy atom. The van der Waals surface area contributed by atoms with Crippen molar-refractivity contribution in [2.24, 2.45) is 0 Å². The van der Waals surface area contributed by atoms with Crippen molar-refractivity contribution in [3.8, 4) is 11.5 Å². The van der Waals surface area contributed by atoms with E-state index >= 15 is 0 Å². The van der Waals surface area contributed by atoms with E-state index in [0.717, 1.165) is 0 Å². The van der Waals surface area contributed by atoms with Crippen molar-refractivity contribution in [3.63, 3.8) is 0 Å². The van der Waals surface area contributed by atoms with E-state index in [1.54, 1.807) is 12.1 Å². The Morgan fingerprint density at radius 3 is 2.10 bits per heavy atom. The number of benzene rings is 2. The molecule has 10 nitrogen and oxygen atoms in total. The lowest BCUT2D eigenvalue weighted by Crippen LogP contribution is -2.38. The molecule has 1 aliphatic rings. The number of amides is 2. The molecule has 0 radical (unpaired) electrons. The summed E-state index contributed by atoms with van der Waals surface area (Å²) in [6.07, 6.45) is 0. The van der Waals surface area contributed by atoms with E-state index in [1.165, 1.54) is 44.6 Å². The number of ether oxygens (including phenoxy) is 2. The van der Waals surface area contributed by atoms with Crippen molar-refractivity contribution in [2.45, 2.75) is 4.90 Å². The van der Waals surface area contributed by atoms with Crippen LogP contribution in [0.2, 0.25) is 0 Å². The maximum absolute atomic E-state index is 12.4. The summed E-state index contributed by atoms with van der Waals surface area (Å²) < 4.78 is 36.9. The van der Waals surface area contributed by atoms with Crippen molar-refractivity contribution >= 4 is 27.8 Å². The van der Waals surface area contributed by atoms with Gasteiger partial charge >= 0.3 is 5.97 Å². The van der Waals surface area contributed by atoms with Crippen LogP contribution in [0.15, 0.2) is 47.4 Å². The lowest BCUT2D eigenvalue weighted by Gasteiger charge is -2.13. The minimum atomic E-state index is -4.10. The number of hydrogen-bond donors (Lipinski definition) is 1. The maximum Gasteiger partial charge on any atom is 0.347 e. The van der Waals surface area contributed by atoms with E-state index in [0.29, 0.717) is 10.8 Å². The molecule has 0 fully saturated rings. The van der Waals surface area contributed by atoms with Gasteiger partial charge in [0, 0.05) is 6.07 Å². The van der Waals surface area contributed by atoms with Crippen molar-refractivity contribution in [3.05, 3.63) is 53.6 Å². The van der Waals surface area contributed by atoms with Crippen molar-refractivity contribution in [1.29, 1.82) is 0 Å². The van der Waals surface area contributed by atoms with E-state index in [-0.39, 0.29) is 21.8 Å². The van der Waals surface area contributed by atoms with E-state index in [9.17, 15) is 22.8 Å². The van der Waals surface area contributed by atoms with E-state index in [1.807, 2.05) is 4.72 Å². The highest BCUT2D eigenvalue weighted by molar-refractivity contribution is 7.89. The Balaban J connectivity index is 1.66. The van der Waals surface area contributed by atoms with Gasteiger partial charge in [0.2, 0.25) is 10.0 Å². The third-order valence-corrected chi connectivity index (χ3v) is 5.42. The standard InChI is InChI=1S/C18H16N2O8S/c1-26-14-8-7-11(9-15(14)27-2)29(24,25)19-10-16(21)28-20-17(22)12-5-3-4-6-13(12)18(20)23/h3-9,19H,10H2,1-2H3. The molecule has 0 bridgehead atoms. The van der Waals surface area contributed by atoms with Crippen LogP contribution in [0.3, 0.4) is 0 Å². The quantitative estimate of drug-likeness (QED) is 0.650. The number of methoxy groups -OCH3 is 2. The fraction of sp³-hybridized carbons (Fsp3) is 0.167. The average molecular weight is 420 g/mol. The zero-order valence-electron chi connectivity index (χ0n) is 15.4. The van der Waals surface area contributed by atoms with Crippen LogP contribution < -0.4 is 14.2 Å². The van der Waals surface area contributed by atoms with Crippen LogP contribution >= 0.6 is 0 Å². The summed E-state index contributed by atoms with van der Waals surface area (Å²) in [5, 5.41) is 0.303. The molecule has 0 aliphatic carbocycles. The number of hydrogen-bond acceptors (Lipinski definition) is 8. The molecule has 0 saturated heterocycles. The zero-order chi connectivity index (χ0) is 21.2. The van der Waals surface area contributed by atoms with Gasteiger partial charge in [0.05, 0.1) is 30.2 Å². The molecule has 1 N–H and O–H groups in total. The second kappa shape index (κ2) is 7.89. The number of hydroxylamine groups is 2. The van der Waals surface area contributed by atoms with Crippen molar-refractivity contribution in [1.82, 2.24) is 9.79 Å². The number of nitrogens with one attached hydrogen (secondary N) is 1. The Labute approximate surface area is 166 Å². The van der Waals surface area contributed by atoms with E-state index in [4.69, 9.17) is 14.3 Å². The highest BCUT2D eigenvalue weighted by Crippen LogP contribution is 2.29. The number of imide groups is 1. The van der Waals surface area contributed by atoms with Gasteiger partial charge in [0.15, 0.2) is 11.5 Å². The van der Waals surface area contributed by atoms with E-state index < -0.39 is 34.4 Å². The molecule has 2 amide bonds. The minimum absolute atomic E-state index is 0.0937. The third-order valence-electron chi connectivity index (χ3n) is 4.02. The first-order valence-corrected chi connectivity index (χ1v) is 9.67. The lowest BCUT2D eigenvalue weighted by atomic mass is 10.1. The third kappa shape index (κ3) is 3.91. The second-order valence-electron chi connectivity index (χ2n) is 5.75. The molecule has 152 valence electrons. The van der Waals surface area contributed by atoms with E-state index in [2.05, 4.69) is 0 Å². The SMILES string of the molecule is COc1ccc(S(=O)(=O)NCC(=O)ON2C(=O)c3ccccc3C2=O)cc1OC. The van der Waals surface area contributed by atoms with Gasteiger partial charge in [-0.25, -0.2) is 13.2 Å². The summed E-state index contributed by atoms with van der Waals surface area (Å²) in [6, 6.07) is 9.84. The molecule has 1 heterocycles. The number of fused-ring (bicyclic) bond motifs is 1. The zero-order valence-corrected chi connectivity index (χ0v) is 16.2. The molecular weight excluding hydrogens is 404 g/mol. The van der Waals surface area contributed by atoms with Crippen LogP contribution in [0, 0.1) is 0 Å². The normalized spacial score (nSPS) is 13.2. The summed E-state index contributed by atoms with van der Waals surface area (Å²) in [5.74, 6) is -2.23. The highest BCUT2D eigenvalue weighted by Gasteiger charge is 2.38. The topological polar surface area (TPSA) is 128 Å². The van der Waals surface area contributed by atoms with Crippen LogP contribution in [0.5, 0.6) is 11.5 Å². The van der Waals surface area contributed by atoms with Crippen LogP contribution in [0.25, 0.3) is 0 Å². The molecule has 1 aliphatic heterocycles. The Kier molecular flexibility index (Phi) is 5.52. The van der Waals surface area contributed by atoms with Crippen molar-refractivity contribution in [2.75, 3.05) is 20.8 Å². The minimum Gasteiger partial charge on any atom is -0.493 e. The van der Waals surface area contributed by atoms with Gasteiger partial charge in [-0.05, 0) is 24.3 Å². The van der Waals surface area contributed by atoms with Gasteiger partial charge < -0.3 is 14.3 Å². The smallest absolute Gasteiger partial charge is 0.347 e. The number of nitrogens with zero attached hydrogens (tertiary/aromatic N) is 1. The van der Waals surface area contributed by atoms with Gasteiger partial charge in [-0.1, -0.05) is 17.2 Å². The van der Waals surface area contributed by atoms with Gasteiger partial charge in [0.25, 0.3) is 11.8 Å². The Bertz CT molecular complexity index is 1060. The first-order valence-electron chi connectivity index (χ1n) is 8.19. The molecule has 0 saturated carbocycles. The van der Waals surface area contributed by atoms with Gasteiger partial charge in [-0.15, -0.1) is 0 Å². The fourth-order valence-corrected chi connectivity index (χ4v) is 3.59. The fourth-order valence-electron chi connectivity index (χ4n) is 2.61. The molecule has 0 unspecified atom stereocenters. The molecule has 3 rings (SSSR count). The Morgan fingerprint density at radius 2 is 1.55 bits per heavy atom.